The number of aliphatic hydroxyl groups excluding tert-OH is 1. The molecule has 2 atom stereocenters. The Morgan fingerprint density at radius 2 is 2.40 bits per heavy atom. The number of hydrogen-bond acceptors (Lipinski definition) is 4. The van der Waals surface area contributed by atoms with Crippen LogP contribution in [0.2, 0.25) is 0 Å². The second-order valence-corrected chi connectivity index (χ2v) is 2.79. The van der Waals surface area contributed by atoms with Crippen LogP contribution < -0.4 is 5.90 Å². The zero-order valence-electron chi connectivity index (χ0n) is 6.16. The summed E-state index contributed by atoms with van der Waals surface area (Å²) in [5.41, 5.74) is 0. The molecule has 1 fully saturated rings. The van der Waals surface area contributed by atoms with Crippen molar-refractivity contribution in [3.63, 3.8) is 0 Å². The average molecular weight is 146 g/mol. The summed E-state index contributed by atoms with van der Waals surface area (Å²) in [6, 6.07) is 0. The lowest BCUT2D eigenvalue weighted by molar-refractivity contribution is -0.0757. The molecule has 0 aliphatic carbocycles. The van der Waals surface area contributed by atoms with Crippen molar-refractivity contribution in [1.82, 2.24) is 4.90 Å². The number of nitrogens with zero attached hydrogens (tertiary/aromatic N) is 1. The number of aliphatic hydroxyl groups is 1. The highest BCUT2D eigenvalue weighted by Crippen LogP contribution is 2.10. The summed E-state index contributed by atoms with van der Waals surface area (Å²) in [7, 11) is 1.97. The molecular weight excluding hydrogens is 132 g/mol. The maximum Gasteiger partial charge on any atom is 0.107 e. The first-order chi connectivity index (χ1) is 4.74. The van der Waals surface area contributed by atoms with Crippen LogP contribution in [-0.2, 0) is 4.84 Å². The van der Waals surface area contributed by atoms with Gasteiger partial charge in [0.25, 0.3) is 0 Å². The second kappa shape index (κ2) is 3.30. The van der Waals surface area contributed by atoms with Crippen LogP contribution in [0, 0.1) is 0 Å². The SMILES string of the molecule is CN1CCC(ON)C(O)C1. The van der Waals surface area contributed by atoms with Gasteiger partial charge in [0.15, 0.2) is 0 Å². The average Bonchev–Trinajstić information content (AvgIpc) is 1.88. The van der Waals surface area contributed by atoms with Gasteiger partial charge in [0.05, 0.1) is 6.10 Å². The molecule has 4 nitrogen and oxygen atoms in total. The molecule has 1 aliphatic heterocycles. The highest BCUT2D eigenvalue weighted by atomic mass is 16.6. The molecule has 60 valence electrons. The van der Waals surface area contributed by atoms with E-state index in [1.807, 2.05) is 7.05 Å². The molecule has 0 aromatic rings. The monoisotopic (exact) mass is 146 g/mol. The van der Waals surface area contributed by atoms with Crippen molar-refractivity contribution in [1.29, 1.82) is 0 Å². The molecule has 0 radical (unpaired) electrons. The molecule has 0 aromatic carbocycles. The van der Waals surface area contributed by atoms with Gasteiger partial charge in [-0.25, -0.2) is 5.90 Å². The van der Waals surface area contributed by atoms with Gasteiger partial charge in [-0.3, -0.25) is 4.84 Å². The van der Waals surface area contributed by atoms with Gasteiger partial charge < -0.3 is 10.0 Å². The lowest BCUT2D eigenvalue weighted by atomic mass is 10.1. The van der Waals surface area contributed by atoms with E-state index in [2.05, 4.69) is 9.74 Å². The van der Waals surface area contributed by atoms with Gasteiger partial charge in [0.1, 0.15) is 6.10 Å². The van der Waals surface area contributed by atoms with Crippen LogP contribution >= 0.6 is 0 Å². The Morgan fingerprint density at radius 3 is 2.90 bits per heavy atom. The fraction of sp³-hybridized carbons (Fsp3) is 1.00. The summed E-state index contributed by atoms with van der Waals surface area (Å²) in [6.07, 6.45) is 0.216. The number of β-amino-alcohol motifs (C(OH)–C–C–N with tert-alkyl or cyclic N) is 1. The van der Waals surface area contributed by atoms with Crippen LogP contribution in [0.15, 0.2) is 0 Å². The smallest absolute Gasteiger partial charge is 0.107 e. The number of piperidine rings is 1. The molecule has 3 N–H and O–H groups in total. The number of rotatable bonds is 1. The van der Waals surface area contributed by atoms with Gasteiger partial charge in [-0.1, -0.05) is 0 Å². The molecule has 1 saturated heterocycles. The molecule has 1 heterocycles. The summed E-state index contributed by atoms with van der Waals surface area (Å²) < 4.78 is 0. The van der Waals surface area contributed by atoms with Gasteiger partial charge >= 0.3 is 0 Å². The zero-order chi connectivity index (χ0) is 7.56. The number of likely N-dealkylation sites (N-methyl/N-ethyl adjacent to an activating group) is 1. The van der Waals surface area contributed by atoms with Crippen molar-refractivity contribution in [2.75, 3.05) is 20.1 Å². The number of hydrogen-bond donors (Lipinski definition) is 2. The fourth-order valence-corrected chi connectivity index (χ4v) is 1.23. The third-order valence-electron chi connectivity index (χ3n) is 1.90. The van der Waals surface area contributed by atoms with Crippen LogP contribution in [0.3, 0.4) is 0 Å². The summed E-state index contributed by atoms with van der Waals surface area (Å²) in [4.78, 5) is 6.63. The Morgan fingerprint density at radius 1 is 1.70 bits per heavy atom. The molecule has 0 saturated carbocycles. The van der Waals surface area contributed by atoms with Crippen molar-refractivity contribution >= 4 is 0 Å². The Bertz CT molecular complexity index is 110. The van der Waals surface area contributed by atoms with Gasteiger partial charge in [-0.15, -0.1) is 0 Å². The zero-order valence-corrected chi connectivity index (χ0v) is 6.16. The molecule has 0 spiro atoms. The van der Waals surface area contributed by atoms with E-state index < -0.39 is 6.10 Å². The Hall–Kier alpha value is -0.160. The Kier molecular flexibility index (Phi) is 2.62. The van der Waals surface area contributed by atoms with E-state index in [4.69, 9.17) is 5.90 Å². The minimum absolute atomic E-state index is 0.170. The van der Waals surface area contributed by atoms with Gasteiger partial charge in [-0.05, 0) is 13.5 Å². The molecule has 10 heavy (non-hydrogen) atoms. The van der Waals surface area contributed by atoms with E-state index in [9.17, 15) is 5.11 Å². The van der Waals surface area contributed by atoms with Crippen LogP contribution in [0.5, 0.6) is 0 Å². The predicted octanol–water partition coefficient (Wildman–Crippen LogP) is -1.06. The van der Waals surface area contributed by atoms with Crippen molar-refractivity contribution in [3.8, 4) is 0 Å². The molecule has 0 amide bonds. The van der Waals surface area contributed by atoms with Crippen LogP contribution in [0.4, 0.5) is 0 Å². The molecule has 0 bridgehead atoms. The normalized spacial score (nSPS) is 36.3. The van der Waals surface area contributed by atoms with Crippen LogP contribution in [0.25, 0.3) is 0 Å². The van der Waals surface area contributed by atoms with Crippen molar-refractivity contribution in [3.05, 3.63) is 0 Å². The first kappa shape index (κ1) is 7.94. The number of nitrogens with two attached hydrogens (primary N) is 1. The minimum atomic E-state index is -0.427. The maximum atomic E-state index is 9.29. The topological polar surface area (TPSA) is 58.7 Å². The minimum Gasteiger partial charge on any atom is -0.389 e. The summed E-state index contributed by atoms with van der Waals surface area (Å²) in [5.74, 6) is 4.96. The highest BCUT2D eigenvalue weighted by Gasteiger charge is 2.25. The van der Waals surface area contributed by atoms with Crippen molar-refractivity contribution in [2.45, 2.75) is 18.6 Å². The first-order valence-corrected chi connectivity index (χ1v) is 3.46. The van der Waals surface area contributed by atoms with Crippen molar-refractivity contribution in [2.24, 2.45) is 5.90 Å². The summed E-state index contributed by atoms with van der Waals surface area (Å²) in [5, 5.41) is 9.29. The lowest BCUT2D eigenvalue weighted by Gasteiger charge is -2.31. The molecule has 1 rings (SSSR count). The van der Waals surface area contributed by atoms with E-state index in [-0.39, 0.29) is 6.10 Å². The maximum absolute atomic E-state index is 9.29. The molecule has 1 aliphatic rings. The van der Waals surface area contributed by atoms with Gasteiger partial charge in [0.2, 0.25) is 0 Å². The number of likely N-dealkylation sites (tertiary alicyclic amines) is 1. The Balaban J connectivity index is 2.36. The van der Waals surface area contributed by atoms with Crippen LogP contribution in [0.1, 0.15) is 6.42 Å². The van der Waals surface area contributed by atoms with Gasteiger partial charge in [-0.2, -0.15) is 0 Å². The molecular formula is C6H14N2O2. The van der Waals surface area contributed by atoms with E-state index in [0.717, 1.165) is 13.0 Å². The van der Waals surface area contributed by atoms with Crippen LogP contribution in [-0.4, -0.2) is 42.4 Å². The molecule has 0 aromatic heterocycles. The largest absolute Gasteiger partial charge is 0.389 e. The Labute approximate surface area is 60.5 Å². The first-order valence-electron chi connectivity index (χ1n) is 3.46. The summed E-state index contributed by atoms with van der Waals surface area (Å²) >= 11 is 0. The standard InChI is InChI=1S/C6H14N2O2/c1-8-3-2-6(10-7)5(9)4-8/h5-6,9H,2-4,7H2,1H3. The lowest BCUT2D eigenvalue weighted by Crippen LogP contribution is -2.46. The van der Waals surface area contributed by atoms with E-state index in [1.54, 1.807) is 0 Å². The molecule has 4 heteroatoms. The van der Waals surface area contributed by atoms with E-state index in [0.29, 0.717) is 6.54 Å². The quantitative estimate of drug-likeness (QED) is 0.463. The fourth-order valence-electron chi connectivity index (χ4n) is 1.23. The van der Waals surface area contributed by atoms with E-state index in [1.165, 1.54) is 0 Å². The third-order valence-corrected chi connectivity index (χ3v) is 1.90. The predicted molar refractivity (Wildman–Crippen MR) is 37.2 cm³/mol. The van der Waals surface area contributed by atoms with Gasteiger partial charge in [0, 0.05) is 13.1 Å². The second-order valence-electron chi connectivity index (χ2n) is 2.79. The summed E-state index contributed by atoms with van der Waals surface area (Å²) in [6.45, 7) is 1.60. The molecule has 2 unspecified atom stereocenters. The highest BCUT2D eigenvalue weighted by molar-refractivity contribution is 4.77. The third kappa shape index (κ3) is 1.67. The van der Waals surface area contributed by atoms with Crippen molar-refractivity contribution < 1.29 is 9.94 Å². The van der Waals surface area contributed by atoms with E-state index >= 15 is 0 Å².